The highest BCUT2D eigenvalue weighted by Crippen LogP contribution is 2.28. The van der Waals surface area contributed by atoms with E-state index in [0.717, 1.165) is 6.08 Å². The molecular weight excluding hydrogens is 347 g/mol. The van der Waals surface area contributed by atoms with Gasteiger partial charge in [-0.25, -0.2) is 14.8 Å². The molecule has 0 bridgehead atoms. The molecule has 0 saturated heterocycles. The van der Waals surface area contributed by atoms with E-state index in [-0.39, 0.29) is 34.0 Å². The van der Waals surface area contributed by atoms with Gasteiger partial charge in [-0.2, -0.15) is 13.2 Å². The van der Waals surface area contributed by atoms with Crippen molar-refractivity contribution in [2.45, 2.75) is 13.1 Å². The maximum absolute atomic E-state index is 12.3. The van der Waals surface area contributed by atoms with Crippen LogP contribution in [0.5, 0.6) is 0 Å². The van der Waals surface area contributed by atoms with Gasteiger partial charge in [0.25, 0.3) is 0 Å². The molecule has 24 heavy (non-hydrogen) atoms. The summed E-state index contributed by atoms with van der Waals surface area (Å²) in [6.07, 6.45) is -3.46. The molecule has 0 aromatic carbocycles. The van der Waals surface area contributed by atoms with Crippen LogP contribution in [-0.2, 0) is 11.8 Å². The molecule has 2 heterocycles. The number of esters is 1. The zero-order valence-electron chi connectivity index (χ0n) is 13.0. The largest absolute Gasteiger partial charge is 0.464 e. The van der Waals surface area contributed by atoms with Gasteiger partial charge in [-0.1, -0.05) is 11.6 Å². The third kappa shape index (κ3) is 3.76. The van der Waals surface area contributed by atoms with E-state index in [9.17, 15) is 18.0 Å². The average molecular weight is 360 g/mol. The quantitative estimate of drug-likeness (QED) is 0.782. The van der Waals surface area contributed by atoms with Gasteiger partial charge in [0.1, 0.15) is 11.4 Å². The van der Waals surface area contributed by atoms with Crippen molar-refractivity contribution >= 4 is 23.6 Å². The predicted octanol–water partition coefficient (Wildman–Crippen LogP) is 3.81. The molecule has 9 heteroatoms. The smallest absolute Gasteiger partial charge is 0.409 e. The van der Waals surface area contributed by atoms with Crippen molar-refractivity contribution in [2.75, 3.05) is 7.11 Å². The summed E-state index contributed by atoms with van der Waals surface area (Å²) in [6, 6.07) is 2.84. The molecule has 0 saturated carbocycles. The fraction of sp³-hybridized carbons (Fsp3) is 0.267. The summed E-state index contributed by atoms with van der Waals surface area (Å²) >= 11 is 6.10. The summed E-state index contributed by atoms with van der Waals surface area (Å²) < 4.78 is 43.2. The Morgan fingerprint density at radius 3 is 2.58 bits per heavy atom. The Bertz CT molecular complexity index is 813. The Balaban J connectivity index is 2.54. The first-order valence-electron chi connectivity index (χ1n) is 6.68. The molecule has 0 aliphatic carbocycles. The van der Waals surface area contributed by atoms with E-state index in [1.54, 1.807) is 18.5 Å². The minimum Gasteiger partial charge on any atom is -0.464 e. The van der Waals surface area contributed by atoms with Crippen LogP contribution in [0.1, 0.15) is 21.9 Å². The van der Waals surface area contributed by atoms with Gasteiger partial charge in [0, 0.05) is 18.8 Å². The van der Waals surface area contributed by atoms with E-state index in [1.165, 1.54) is 19.2 Å². The number of methoxy groups -OCH3 is 1. The van der Waals surface area contributed by atoms with Crippen LogP contribution in [0, 0.1) is 6.92 Å². The topological polar surface area (TPSA) is 57.0 Å². The number of hydrogen-bond acceptors (Lipinski definition) is 4. The Kier molecular flexibility index (Phi) is 4.98. The van der Waals surface area contributed by atoms with Crippen molar-refractivity contribution in [3.05, 3.63) is 40.3 Å². The monoisotopic (exact) mass is 359 g/mol. The number of hydrogen-bond donors (Lipinski definition) is 0. The summed E-state index contributed by atoms with van der Waals surface area (Å²) in [7, 11) is 2.83. The lowest BCUT2D eigenvalue weighted by Crippen LogP contribution is -2.06. The minimum atomic E-state index is -4.44. The van der Waals surface area contributed by atoms with E-state index < -0.39 is 12.1 Å². The van der Waals surface area contributed by atoms with Crippen LogP contribution in [0.3, 0.4) is 0 Å². The molecular formula is C15H13ClF3N3O2. The molecule has 2 rings (SSSR count). The minimum absolute atomic E-state index is 0.0185. The number of nitrogens with zero attached hydrogens (tertiary/aromatic N) is 3. The van der Waals surface area contributed by atoms with Crippen molar-refractivity contribution in [3.8, 4) is 11.5 Å². The zero-order chi connectivity index (χ0) is 18.1. The van der Waals surface area contributed by atoms with Gasteiger partial charge in [0.15, 0.2) is 5.82 Å². The first-order valence-corrected chi connectivity index (χ1v) is 7.06. The third-order valence-corrected chi connectivity index (χ3v) is 3.61. The fourth-order valence-corrected chi connectivity index (χ4v) is 2.15. The highest BCUT2D eigenvalue weighted by molar-refractivity contribution is 6.33. The maximum Gasteiger partial charge on any atom is 0.409 e. The van der Waals surface area contributed by atoms with Gasteiger partial charge in [-0.05, 0) is 25.1 Å². The van der Waals surface area contributed by atoms with Crippen LogP contribution in [0.2, 0.25) is 5.02 Å². The number of ether oxygens (including phenoxy) is 1. The second-order valence-corrected chi connectivity index (χ2v) is 5.27. The highest BCUT2D eigenvalue weighted by Gasteiger charge is 2.23. The van der Waals surface area contributed by atoms with Crippen molar-refractivity contribution in [2.24, 2.45) is 7.05 Å². The van der Waals surface area contributed by atoms with E-state index in [0.29, 0.717) is 5.69 Å². The van der Waals surface area contributed by atoms with Crippen LogP contribution in [0.15, 0.2) is 18.2 Å². The van der Waals surface area contributed by atoms with Crippen molar-refractivity contribution < 1.29 is 22.7 Å². The molecule has 0 aliphatic heterocycles. The molecule has 0 amide bonds. The number of pyridine rings is 1. The predicted molar refractivity (Wildman–Crippen MR) is 82.6 cm³/mol. The molecule has 0 unspecified atom stereocenters. The molecule has 0 aliphatic rings. The Hall–Kier alpha value is -2.35. The molecule has 2 aromatic heterocycles. The van der Waals surface area contributed by atoms with Gasteiger partial charge in [0.2, 0.25) is 0 Å². The Morgan fingerprint density at radius 2 is 2.00 bits per heavy atom. The molecule has 0 atom stereocenters. The lowest BCUT2D eigenvalue weighted by atomic mass is 10.3. The molecule has 128 valence electrons. The normalized spacial score (nSPS) is 12.0. The van der Waals surface area contributed by atoms with E-state index in [4.69, 9.17) is 11.6 Å². The molecule has 0 radical (unpaired) electrons. The second-order valence-electron chi connectivity index (χ2n) is 4.86. The number of halogens is 4. The van der Waals surface area contributed by atoms with E-state index in [2.05, 4.69) is 14.7 Å². The number of imidazole rings is 1. The lowest BCUT2D eigenvalue weighted by molar-refractivity contribution is -0.0790. The van der Waals surface area contributed by atoms with Crippen molar-refractivity contribution in [3.63, 3.8) is 0 Å². The Morgan fingerprint density at radius 1 is 1.33 bits per heavy atom. The summed E-state index contributed by atoms with van der Waals surface area (Å²) in [5, 5.41) is 0.210. The molecule has 0 spiro atoms. The van der Waals surface area contributed by atoms with Crippen LogP contribution < -0.4 is 0 Å². The number of rotatable bonds is 3. The van der Waals surface area contributed by atoms with Gasteiger partial charge in [-0.3, -0.25) is 0 Å². The molecule has 2 aromatic rings. The van der Waals surface area contributed by atoms with Crippen molar-refractivity contribution in [1.29, 1.82) is 0 Å². The summed E-state index contributed by atoms with van der Waals surface area (Å²) in [6.45, 7) is 1.62. The van der Waals surface area contributed by atoms with Gasteiger partial charge in [0.05, 0.1) is 17.8 Å². The summed E-state index contributed by atoms with van der Waals surface area (Å²) in [5.74, 6) is -0.416. The second kappa shape index (κ2) is 6.64. The Labute approximate surface area is 140 Å². The number of alkyl halides is 3. The lowest BCUT2D eigenvalue weighted by Gasteiger charge is -2.06. The van der Waals surface area contributed by atoms with Gasteiger partial charge < -0.3 is 9.30 Å². The van der Waals surface area contributed by atoms with Crippen LogP contribution in [-0.4, -0.2) is 33.8 Å². The molecule has 0 fully saturated rings. The number of carbonyl (C=O) groups excluding carboxylic acids is 1. The number of aromatic nitrogens is 3. The van der Waals surface area contributed by atoms with Crippen molar-refractivity contribution in [1.82, 2.24) is 14.5 Å². The van der Waals surface area contributed by atoms with E-state index >= 15 is 0 Å². The van der Waals surface area contributed by atoms with E-state index in [1.807, 2.05) is 0 Å². The summed E-state index contributed by atoms with van der Waals surface area (Å²) in [5.41, 5.74) is 0.819. The zero-order valence-corrected chi connectivity index (χ0v) is 13.7. The first-order chi connectivity index (χ1) is 11.1. The van der Waals surface area contributed by atoms with Gasteiger partial charge >= 0.3 is 12.1 Å². The standard InChI is InChI=1S/C15H13ClF3N3O2/c1-8-10(6-7-15(17,18)19)21-13(22(8)2)12-9(16)4-5-11(20-12)14(23)24-3/h4-7H,1-3H3/b7-6+. The first kappa shape index (κ1) is 18.0. The number of allylic oxidation sites excluding steroid dienone is 1. The van der Waals surface area contributed by atoms with Crippen LogP contribution in [0.25, 0.3) is 17.6 Å². The molecule has 5 nitrogen and oxygen atoms in total. The maximum atomic E-state index is 12.3. The highest BCUT2D eigenvalue weighted by atomic mass is 35.5. The van der Waals surface area contributed by atoms with Crippen LogP contribution >= 0.6 is 11.6 Å². The third-order valence-electron chi connectivity index (χ3n) is 3.30. The summed E-state index contributed by atoms with van der Waals surface area (Å²) in [4.78, 5) is 19.8. The number of carbonyl (C=O) groups is 1. The van der Waals surface area contributed by atoms with Gasteiger partial charge in [-0.15, -0.1) is 0 Å². The SMILES string of the molecule is COC(=O)c1ccc(Cl)c(-c2nc(/C=C/C(F)(F)F)c(C)n2C)n1. The van der Waals surface area contributed by atoms with Crippen LogP contribution in [0.4, 0.5) is 13.2 Å². The molecule has 0 N–H and O–H groups in total. The average Bonchev–Trinajstić information content (AvgIpc) is 2.80. The fourth-order valence-electron chi connectivity index (χ4n) is 1.96.